The third-order valence-electron chi connectivity index (χ3n) is 11.6. The molecule has 5 heterocycles. The fourth-order valence-electron chi connectivity index (χ4n) is 8.94. The van der Waals surface area contributed by atoms with Crippen LogP contribution in [0.1, 0.15) is 0 Å². The van der Waals surface area contributed by atoms with Gasteiger partial charge in [-0.25, -0.2) is 19.9 Å². The first kappa shape index (κ1) is 34.4. The highest BCUT2D eigenvalue weighted by molar-refractivity contribution is 6.17. The zero-order valence-electron chi connectivity index (χ0n) is 32.8. The number of anilines is 5. The quantitative estimate of drug-likeness (QED) is 0.168. The van der Waals surface area contributed by atoms with Crippen molar-refractivity contribution in [3.05, 3.63) is 176 Å². The van der Waals surface area contributed by atoms with Crippen molar-refractivity contribution in [3.8, 4) is 56.2 Å². The Bertz CT molecular complexity index is 3160. The number of para-hydroxylation sites is 4. The average molecular weight is 763 g/mol. The second kappa shape index (κ2) is 13.7. The number of imidazole rings is 2. The van der Waals surface area contributed by atoms with E-state index < -0.39 is 0 Å². The first-order chi connectivity index (χ1) is 29.1. The average Bonchev–Trinajstić information content (AvgIpc) is 3.82. The predicted molar refractivity (Wildman–Crippen MR) is 241 cm³/mol. The molecule has 4 aromatic heterocycles. The van der Waals surface area contributed by atoms with Crippen molar-refractivity contribution in [3.63, 3.8) is 0 Å². The lowest BCUT2D eigenvalue weighted by molar-refractivity contribution is 0.937. The van der Waals surface area contributed by atoms with E-state index in [1.807, 2.05) is 36.7 Å². The summed E-state index contributed by atoms with van der Waals surface area (Å²) in [5.74, 6) is 1.59. The van der Waals surface area contributed by atoms with Crippen molar-refractivity contribution in [1.82, 2.24) is 29.1 Å². The Hall–Kier alpha value is -7.84. The number of fused-ring (bicyclic) bond motifs is 4. The Labute approximate surface area is 342 Å². The van der Waals surface area contributed by atoms with Crippen LogP contribution < -0.4 is 9.80 Å². The van der Waals surface area contributed by atoms with Crippen molar-refractivity contribution in [1.29, 1.82) is 0 Å². The second-order valence-corrected chi connectivity index (χ2v) is 14.9. The van der Waals surface area contributed by atoms with Crippen LogP contribution in [0.25, 0.3) is 78.5 Å². The van der Waals surface area contributed by atoms with E-state index in [1.165, 1.54) is 0 Å². The van der Waals surface area contributed by atoms with Crippen molar-refractivity contribution in [2.24, 2.45) is 14.1 Å². The smallest absolute Gasteiger partial charge is 0.160 e. The molecule has 1 aliphatic rings. The molecule has 0 N–H and O–H groups in total. The molecule has 0 aliphatic carbocycles. The van der Waals surface area contributed by atoms with E-state index in [0.29, 0.717) is 0 Å². The number of nitrogens with zero attached hydrogens (tertiary/aromatic N) is 8. The van der Waals surface area contributed by atoms with Gasteiger partial charge in [0, 0.05) is 55.8 Å². The van der Waals surface area contributed by atoms with Gasteiger partial charge in [-0.15, -0.1) is 0 Å². The van der Waals surface area contributed by atoms with Crippen LogP contribution in [-0.2, 0) is 14.1 Å². The van der Waals surface area contributed by atoms with E-state index in [-0.39, 0.29) is 0 Å². The van der Waals surface area contributed by atoms with Crippen molar-refractivity contribution in [2.45, 2.75) is 0 Å². The van der Waals surface area contributed by atoms with Crippen LogP contribution in [0, 0.1) is 0 Å². The molecule has 0 radical (unpaired) electrons. The molecule has 0 saturated heterocycles. The SMILES string of the molecule is CN1c2ccccc2N(c2c(-c3ccccc3)c(-c3ccccc3)c(-c3nc4cccnc4n3C)c(-c3ccccc3)c2-c2nc3cccnc3n2C)c2ccccc21. The summed E-state index contributed by atoms with van der Waals surface area (Å²) in [5.41, 5.74) is 16.8. The molecule has 6 aromatic carbocycles. The standard InChI is InChI=1S/C51H38N8/c1-56-38-27-13-15-29-40(38)59(41-30-16-14-28-39(41)56)47-44(35-23-11-6-12-24-35)42(33-19-7-4-8-20-33)45(50-54-36-25-17-31-52-48(36)57(50)2)43(34-21-9-5-10-22-34)46(47)51-55-37-26-18-32-53-49(37)58(51)3/h4-32H,1-3H3. The Kier molecular flexibility index (Phi) is 7.97. The van der Waals surface area contributed by atoms with Crippen LogP contribution >= 0.6 is 0 Å². The second-order valence-electron chi connectivity index (χ2n) is 14.9. The van der Waals surface area contributed by atoms with Gasteiger partial charge >= 0.3 is 0 Å². The lowest BCUT2D eigenvalue weighted by atomic mass is 9.79. The monoisotopic (exact) mass is 762 g/mol. The van der Waals surface area contributed by atoms with Crippen molar-refractivity contribution < 1.29 is 0 Å². The van der Waals surface area contributed by atoms with E-state index in [9.17, 15) is 0 Å². The molecule has 0 saturated carbocycles. The van der Waals surface area contributed by atoms with Gasteiger partial charge in [-0.2, -0.15) is 0 Å². The zero-order chi connectivity index (χ0) is 39.6. The van der Waals surface area contributed by atoms with Crippen LogP contribution in [0.3, 0.4) is 0 Å². The van der Waals surface area contributed by atoms with Gasteiger partial charge < -0.3 is 18.9 Å². The Morgan fingerprint density at radius 3 is 1.20 bits per heavy atom. The van der Waals surface area contributed by atoms with E-state index in [4.69, 9.17) is 19.9 Å². The number of aromatic nitrogens is 6. The minimum Gasteiger partial charge on any atom is -0.341 e. The molecule has 0 unspecified atom stereocenters. The fraction of sp³-hybridized carbons (Fsp3) is 0.0588. The van der Waals surface area contributed by atoms with Crippen LogP contribution in [0.2, 0.25) is 0 Å². The highest BCUT2D eigenvalue weighted by Crippen LogP contribution is 2.61. The van der Waals surface area contributed by atoms with Crippen LogP contribution in [0.15, 0.2) is 176 Å². The third kappa shape index (κ3) is 5.30. The molecule has 8 nitrogen and oxygen atoms in total. The van der Waals surface area contributed by atoms with Crippen LogP contribution in [0.4, 0.5) is 28.4 Å². The van der Waals surface area contributed by atoms with E-state index >= 15 is 0 Å². The van der Waals surface area contributed by atoms with Crippen LogP contribution in [0.5, 0.6) is 0 Å². The first-order valence-electron chi connectivity index (χ1n) is 19.8. The van der Waals surface area contributed by atoms with E-state index in [2.05, 4.69) is 180 Å². The number of benzene rings is 6. The summed E-state index contributed by atoms with van der Waals surface area (Å²) in [6.45, 7) is 0. The van der Waals surface area contributed by atoms with Gasteiger partial charge in [0.1, 0.15) is 22.7 Å². The Balaban J connectivity index is 1.47. The number of rotatable bonds is 6. The molecule has 0 amide bonds. The van der Waals surface area contributed by atoms with Gasteiger partial charge in [-0.05, 0) is 65.2 Å². The maximum absolute atomic E-state index is 5.51. The number of hydrogen-bond donors (Lipinski definition) is 0. The molecular weight excluding hydrogens is 725 g/mol. The molecular formula is C51H38N8. The van der Waals surface area contributed by atoms with Gasteiger partial charge in [-0.3, -0.25) is 0 Å². The lowest BCUT2D eigenvalue weighted by Gasteiger charge is -2.41. The fourth-order valence-corrected chi connectivity index (χ4v) is 8.94. The molecule has 1 aliphatic heterocycles. The lowest BCUT2D eigenvalue weighted by Crippen LogP contribution is -2.25. The largest absolute Gasteiger partial charge is 0.341 e. The molecule has 0 bridgehead atoms. The Morgan fingerprint density at radius 2 is 0.746 bits per heavy atom. The van der Waals surface area contributed by atoms with E-state index in [0.717, 1.165) is 107 Å². The van der Waals surface area contributed by atoms with Crippen LogP contribution in [-0.4, -0.2) is 36.1 Å². The highest BCUT2D eigenvalue weighted by Gasteiger charge is 2.38. The number of aryl methyl sites for hydroxylation is 2. The summed E-state index contributed by atoms with van der Waals surface area (Å²) in [6, 6.07) is 57.6. The van der Waals surface area contributed by atoms with Crippen molar-refractivity contribution >= 4 is 50.8 Å². The van der Waals surface area contributed by atoms with Gasteiger partial charge in [0.05, 0.1) is 34.0 Å². The molecule has 59 heavy (non-hydrogen) atoms. The summed E-state index contributed by atoms with van der Waals surface area (Å²) >= 11 is 0. The summed E-state index contributed by atoms with van der Waals surface area (Å²) in [6.07, 6.45) is 3.67. The van der Waals surface area contributed by atoms with Gasteiger partial charge in [-0.1, -0.05) is 115 Å². The highest BCUT2D eigenvalue weighted by atomic mass is 15.3. The normalized spacial score (nSPS) is 12.3. The molecule has 282 valence electrons. The molecule has 11 rings (SSSR count). The summed E-state index contributed by atoms with van der Waals surface area (Å²) in [4.78, 5) is 25.4. The Morgan fingerprint density at radius 1 is 0.356 bits per heavy atom. The topological polar surface area (TPSA) is 67.9 Å². The van der Waals surface area contributed by atoms with E-state index in [1.54, 1.807) is 0 Å². The molecule has 0 fully saturated rings. The zero-order valence-corrected chi connectivity index (χ0v) is 32.8. The maximum Gasteiger partial charge on any atom is 0.160 e. The molecule has 8 heteroatoms. The number of hydrogen-bond acceptors (Lipinski definition) is 6. The van der Waals surface area contributed by atoms with Crippen molar-refractivity contribution in [2.75, 3.05) is 16.8 Å². The number of pyridine rings is 2. The first-order valence-corrected chi connectivity index (χ1v) is 19.8. The summed E-state index contributed by atoms with van der Waals surface area (Å²) < 4.78 is 4.28. The maximum atomic E-state index is 5.51. The third-order valence-corrected chi connectivity index (χ3v) is 11.6. The molecule has 0 atom stereocenters. The predicted octanol–water partition coefficient (Wildman–Crippen LogP) is 12.1. The van der Waals surface area contributed by atoms with Gasteiger partial charge in [0.25, 0.3) is 0 Å². The van der Waals surface area contributed by atoms with Gasteiger partial charge in [0.2, 0.25) is 0 Å². The molecule has 0 spiro atoms. The minimum atomic E-state index is 0.788. The summed E-state index contributed by atoms with van der Waals surface area (Å²) in [7, 11) is 6.30. The summed E-state index contributed by atoms with van der Waals surface area (Å²) in [5, 5.41) is 0. The molecule has 10 aromatic rings. The minimum absolute atomic E-state index is 0.788. The van der Waals surface area contributed by atoms with Gasteiger partial charge in [0.15, 0.2) is 11.3 Å².